The van der Waals surface area contributed by atoms with Gasteiger partial charge in [-0.3, -0.25) is 4.79 Å². The van der Waals surface area contributed by atoms with E-state index in [2.05, 4.69) is 5.32 Å². The predicted molar refractivity (Wildman–Crippen MR) is 64.4 cm³/mol. The number of fused-ring (bicyclic) bond motifs is 1. The molecule has 1 aromatic carbocycles. The third-order valence-electron chi connectivity index (χ3n) is 3.10. The monoisotopic (exact) mass is 249 g/mol. The minimum absolute atomic E-state index is 0.286. The highest BCUT2D eigenvalue weighted by atomic mass is 16.4. The van der Waals surface area contributed by atoms with Crippen LogP contribution in [-0.2, 0) is 17.6 Å². The number of carbonyl (C=O) groups is 2. The Morgan fingerprint density at radius 2 is 2.00 bits per heavy atom. The summed E-state index contributed by atoms with van der Waals surface area (Å²) in [5, 5.41) is 20.0. The molecule has 0 saturated carbocycles. The summed E-state index contributed by atoms with van der Waals surface area (Å²) in [6.45, 7) is -0.286. The summed E-state index contributed by atoms with van der Waals surface area (Å²) < 4.78 is 0. The number of rotatable bonds is 4. The zero-order valence-corrected chi connectivity index (χ0v) is 9.85. The topological polar surface area (TPSA) is 86.6 Å². The fourth-order valence-corrected chi connectivity index (χ4v) is 2.09. The maximum Gasteiger partial charge on any atom is 0.334 e. The molecule has 0 aromatic heterocycles. The highest BCUT2D eigenvalue weighted by Crippen LogP contribution is 2.22. The Morgan fingerprint density at radius 1 is 1.28 bits per heavy atom. The molecule has 0 spiro atoms. The van der Waals surface area contributed by atoms with Crippen molar-refractivity contribution < 1.29 is 19.8 Å². The molecule has 18 heavy (non-hydrogen) atoms. The van der Waals surface area contributed by atoms with Gasteiger partial charge < -0.3 is 15.5 Å². The minimum atomic E-state index is -1.57. The maximum absolute atomic E-state index is 11.8. The van der Waals surface area contributed by atoms with E-state index in [1.165, 1.54) is 11.1 Å². The van der Waals surface area contributed by atoms with Crippen LogP contribution < -0.4 is 5.32 Å². The van der Waals surface area contributed by atoms with Gasteiger partial charge in [0.1, 0.15) is 0 Å². The lowest BCUT2D eigenvalue weighted by Gasteiger charge is -2.08. The zero-order valence-electron chi connectivity index (χ0n) is 9.85. The number of aryl methyl sites for hydroxylation is 2. The van der Waals surface area contributed by atoms with Gasteiger partial charge in [-0.05, 0) is 42.5 Å². The molecule has 5 nitrogen and oxygen atoms in total. The molecule has 3 N–H and O–H groups in total. The second kappa shape index (κ2) is 5.18. The summed E-state index contributed by atoms with van der Waals surface area (Å²) in [4.78, 5) is 22.2. The van der Waals surface area contributed by atoms with Crippen molar-refractivity contribution in [1.82, 2.24) is 5.32 Å². The second-order valence-corrected chi connectivity index (χ2v) is 4.40. The molecule has 1 amide bonds. The summed E-state index contributed by atoms with van der Waals surface area (Å²) in [6.07, 6.45) is 1.57. The van der Waals surface area contributed by atoms with Crippen molar-refractivity contribution in [2.24, 2.45) is 0 Å². The van der Waals surface area contributed by atoms with Crippen molar-refractivity contribution in [2.75, 3.05) is 6.54 Å². The number of carboxylic acid groups (broad SMARTS) is 1. The van der Waals surface area contributed by atoms with E-state index < -0.39 is 12.1 Å². The van der Waals surface area contributed by atoms with Gasteiger partial charge in [0, 0.05) is 5.56 Å². The molecule has 0 heterocycles. The van der Waals surface area contributed by atoms with E-state index in [0.29, 0.717) is 5.56 Å². The van der Waals surface area contributed by atoms with E-state index in [1.54, 1.807) is 6.07 Å². The lowest BCUT2D eigenvalue weighted by Crippen LogP contribution is -2.36. The summed E-state index contributed by atoms with van der Waals surface area (Å²) >= 11 is 0. The van der Waals surface area contributed by atoms with Crippen LogP contribution in [0.5, 0.6) is 0 Å². The molecule has 0 fully saturated rings. The number of hydrogen-bond acceptors (Lipinski definition) is 3. The minimum Gasteiger partial charge on any atom is -0.479 e. The molecule has 0 radical (unpaired) electrons. The van der Waals surface area contributed by atoms with Crippen molar-refractivity contribution in [1.29, 1.82) is 0 Å². The van der Waals surface area contributed by atoms with Crippen LogP contribution in [0.25, 0.3) is 0 Å². The maximum atomic E-state index is 11.8. The molecule has 1 unspecified atom stereocenters. The summed E-state index contributed by atoms with van der Waals surface area (Å²) in [7, 11) is 0. The molecule has 5 heteroatoms. The number of aliphatic hydroxyl groups is 1. The van der Waals surface area contributed by atoms with Gasteiger partial charge in [-0.1, -0.05) is 6.07 Å². The highest BCUT2D eigenvalue weighted by Gasteiger charge is 2.16. The smallest absolute Gasteiger partial charge is 0.334 e. The first-order chi connectivity index (χ1) is 8.58. The average molecular weight is 249 g/mol. The van der Waals surface area contributed by atoms with Crippen LogP contribution in [-0.4, -0.2) is 34.7 Å². The molecule has 1 aliphatic carbocycles. The predicted octanol–water partition coefficient (Wildman–Crippen LogP) is 0.351. The van der Waals surface area contributed by atoms with Crippen molar-refractivity contribution in [3.63, 3.8) is 0 Å². The van der Waals surface area contributed by atoms with E-state index in [-0.39, 0.29) is 12.5 Å². The molecule has 0 aliphatic heterocycles. The number of aliphatic carboxylic acids is 1. The highest BCUT2D eigenvalue weighted by molar-refractivity contribution is 5.94. The van der Waals surface area contributed by atoms with Gasteiger partial charge in [-0.25, -0.2) is 4.79 Å². The molecule has 1 aromatic rings. The molecule has 1 aliphatic rings. The van der Waals surface area contributed by atoms with Gasteiger partial charge in [0.2, 0.25) is 0 Å². The van der Waals surface area contributed by atoms with Gasteiger partial charge in [0.25, 0.3) is 5.91 Å². The Kier molecular flexibility index (Phi) is 3.62. The van der Waals surface area contributed by atoms with Crippen LogP contribution in [0.2, 0.25) is 0 Å². The lowest BCUT2D eigenvalue weighted by atomic mass is 10.1. The standard InChI is InChI=1S/C13H15NO4/c15-11(13(17)18)7-14-12(16)10-5-4-8-2-1-3-9(8)6-10/h4-6,11,15H,1-3,7H2,(H,14,16)(H,17,18). The third kappa shape index (κ3) is 2.68. The van der Waals surface area contributed by atoms with Crippen molar-refractivity contribution in [3.05, 3.63) is 34.9 Å². The van der Waals surface area contributed by atoms with Crippen LogP contribution >= 0.6 is 0 Å². The molecular formula is C13H15NO4. The number of carboxylic acids is 1. The first kappa shape index (κ1) is 12.6. The van der Waals surface area contributed by atoms with Crippen molar-refractivity contribution in [3.8, 4) is 0 Å². The van der Waals surface area contributed by atoms with E-state index >= 15 is 0 Å². The number of aliphatic hydroxyl groups excluding tert-OH is 1. The Bertz CT molecular complexity index is 484. The number of carbonyl (C=O) groups excluding carboxylic acids is 1. The Morgan fingerprint density at radius 3 is 2.72 bits per heavy atom. The van der Waals surface area contributed by atoms with Crippen LogP contribution in [0.15, 0.2) is 18.2 Å². The lowest BCUT2D eigenvalue weighted by molar-refractivity contribution is -0.146. The quantitative estimate of drug-likeness (QED) is 0.718. The molecule has 2 rings (SSSR count). The van der Waals surface area contributed by atoms with Crippen LogP contribution in [0.1, 0.15) is 27.9 Å². The van der Waals surface area contributed by atoms with Crippen LogP contribution in [0, 0.1) is 0 Å². The molecular weight excluding hydrogens is 234 g/mol. The third-order valence-corrected chi connectivity index (χ3v) is 3.10. The van der Waals surface area contributed by atoms with Gasteiger partial charge in [0.15, 0.2) is 6.10 Å². The van der Waals surface area contributed by atoms with Crippen molar-refractivity contribution in [2.45, 2.75) is 25.4 Å². The summed E-state index contributed by atoms with van der Waals surface area (Å²) in [5.41, 5.74) is 2.96. The number of benzene rings is 1. The molecule has 96 valence electrons. The van der Waals surface area contributed by atoms with Gasteiger partial charge in [-0.2, -0.15) is 0 Å². The van der Waals surface area contributed by atoms with Crippen LogP contribution in [0.4, 0.5) is 0 Å². The van der Waals surface area contributed by atoms with Gasteiger partial charge in [0.05, 0.1) is 6.54 Å². The number of hydrogen-bond donors (Lipinski definition) is 3. The van der Waals surface area contributed by atoms with Crippen LogP contribution in [0.3, 0.4) is 0 Å². The molecule has 0 saturated heterocycles. The van der Waals surface area contributed by atoms with Crippen molar-refractivity contribution >= 4 is 11.9 Å². The summed E-state index contributed by atoms with van der Waals surface area (Å²) in [6, 6.07) is 5.50. The fraction of sp³-hybridized carbons (Fsp3) is 0.385. The fourth-order valence-electron chi connectivity index (χ4n) is 2.09. The largest absolute Gasteiger partial charge is 0.479 e. The van der Waals surface area contributed by atoms with E-state index in [1.807, 2.05) is 12.1 Å². The number of amides is 1. The van der Waals surface area contributed by atoms with E-state index in [4.69, 9.17) is 10.2 Å². The van der Waals surface area contributed by atoms with E-state index in [9.17, 15) is 9.59 Å². The molecule has 0 bridgehead atoms. The Balaban J connectivity index is 1.99. The second-order valence-electron chi connectivity index (χ2n) is 4.40. The van der Waals surface area contributed by atoms with E-state index in [0.717, 1.165) is 19.3 Å². The normalized spacial score (nSPS) is 14.9. The Labute approximate surface area is 104 Å². The molecule has 1 atom stereocenters. The first-order valence-corrected chi connectivity index (χ1v) is 5.89. The SMILES string of the molecule is O=C(NCC(O)C(=O)O)c1ccc2c(c1)CCC2. The van der Waals surface area contributed by atoms with Gasteiger partial charge >= 0.3 is 5.97 Å². The summed E-state index contributed by atoms with van der Waals surface area (Å²) in [5.74, 6) is -1.70. The zero-order chi connectivity index (χ0) is 13.1. The van der Waals surface area contributed by atoms with Gasteiger partial charge in [-0.15, -0.1) is 0 Å². The Hall–Kier alpha value is -1.88. The average Bonchev–Trinajstić information content (AvgIpc) is 2.82. The first-order valence-electron chi connectivity index (χ1n) is 5.89. The number of nitrogens with one attached hydrogen (secondary N) is 1.